The summed E-state index contributed by atoms with van der Waals surface area (Å²) in [5.74, 6) is 1.30. The molecule has 0 bridgehead atoms. The zero-order valence-electron chi connectivity index (χ0n) is 14.8. The van der Waals surface area contributed by atoms with E-state index in [0.717, 1.165) is 23.6 Å². The molecule has 0 aliphatic carbocycles. The first-order valence-corrected chi connectivity index (χ1v) is 8.77. The standard InChI is InChI=1S/C20H22F3NO2/c1-3-25-17-11-13-8-9-24-19(16(13)12-18(17)26-4-2)14-6-5-7-15(10-14)20(21,22)23/h5-7,10-12,19,24H,3-4,8-9H2,1-2H3. The summed E-state index contributed by atoms with van der Waals surface area (Å²) in [5.41, 5.74) is 1.95. The Kier molecular flexibility index (Phi) is 5.41. The van der Waals surface area contributed by atoms with Crippen LogP contribution in [-0.4, -0.2) is 19.8 Å². The maximum Gasteiger partial charge on any atom is 0.416 e. The second-order valence-corrected chi connectivity index (χ2v) is 6.12. The molecule has 1 unspecified atom stereocenters. The molecule has 2 aromatic carbocycles. The van der Waals surface area contributed by atoms with Crippen LogP contribution in [0.5, 0.6) is 11.5 Å². The lowest BCUT2D eigenvalue weighted by molar-refractivity contribution is -0.137. The molecule has 0 amide bonds. The molecule has 0 saturated carbocycles. The first-order valence-electron chi connectivity index (χ1n) is 8.77. The van der Waals surface area contributed by atoms with Crippen molar-refractivity contribution in [2.45, 2.75) is 32.5 Å². The molecule has 2 aromatic rings. The van der Waals surface area contributed by atoms with Gasteiger partial charge < -0.3 is 14.8 Å². The molecule has 0 radical (unpaired) electrons. The number of ether oxygens (including phenoxy) is 2. The second-order valence-electron chi connectivity index (χ2n) is 6.12. The molecular weight excluding hydrogens is 343 g/mol. The van der Waals surface area contributed by atoms with Crippen molar-refractivity contribution in [3.63, 3.8) is 0 Å². The van der Waals surface area contributed by atoms with Gasteiger partial charge in [0.15, 0.2) is 11.5 Å². The minimum Gasteiger partial charge on any atom is -0.490 e. The van der Waals surface area contributed by atoms with Gasteiger partial charge in [-0.1, -0.05) is 12.1 Å². The Morgan fingerprint density at radius 1 is 1.04 bits per heavy atom. The van der Waals surface area contributed by atoms with E-state index >= 15 is 0 Å². The molecule has 3 rings (SSSR count). The van der Waals surface area contributed by atoms with Gasteiger partial charge in [-0.3, -0.25) is 0 Å². The third-order valence-electron chi connectivity index (χ3n) is 4.41. The maximum absolute atomic E-state index is 13.1. The van der Waals surface area contributed by atoms with Crippen molar-refractivity contribution in [3.8, 4) is 11.5 Å². The zero-order chi connectivity index (χ0) is 18.7. The van der Waals surface area contributed by atoms with Gasteiger partial charge in [-0.25, -0.2) is 0 Å². The van der Waals surface area contributed by atoms with Gasteiger partial charge in [0.1, 0.15) is 0 Å². The average Bonchev–Trinajstić information content (AvgIpc) is 2.61. The lowest BCUT2D eigenvalue weighted by Gasteiger charge is -2.29. The van der Waals surface area contributed by atoms with Gasteiger partial charge in [0.2, 0.25) is 0 Å². The summed E-state index contributed by atoms with van der Waals surface area (Å²) in [6.45, 7) is 5.49. The van der Waals surface area contributed by atoms with Crippen LogP contribution < -0.4 is 14.8 Å². The quantitative estimate of drug-likeness (QED) is 0.830. The molecule has 1 aliphatic rings. The fraction of sp³-hybridized carbons (Fsp3) is 0.400. The van der Waals surface area contributed by atoms with Crippen LogP contribution >= 0.6 is 0 Å². The lowest BCUT2D eigenvalue weighted by atomic mass is 9.88. The highest BCUT2D eigenvalue weighted by Crippen LogP contribution is 2.39. The Labute approximate surface area is 151 Å². The van der Waals surface area contributed by atoms with E-state index in [1.54, 1.807) is 6.07 Å². The van der Waals surface area contributed by atoms with Crippen LogP contribution in [0.25, 0.3) is 0 Å². The molecule has 1 atom stereocenters. The average molecular weight is 365 g/mol. The summed E-state index contributed by atoms with van der Waals surface area (Å²) < 4.78 is 50.6. The van der Waals surface area contributed by atoms with Crippen LogP contribution in [0.1, 0.15) is 42.1 Å². The minimum atomic E-state index is -4.36. The van der Waals surface area contributed by atoms with Crippen LogP contribution in [0.15, 0.2) is 36.4 Å². The van der Waals surface area contributed by atoms with Gasteiger partial charge in [-0.2, -0.15) is 13.2 Å². The Hall–Kier alpha value is -2.21. The molecule has 1 N–H and O–H groups in total. The summed E-state index contributed by atoms with van der Waals surface area (Å²) >= 11 is 0. The van der Waals surface area contributed by atoms with Crippen molar-refractivity contribution in [2.75, 3.05) is 19.8 Å². The molecule has 3 nitrogen and oxygen atoms in total. The summed E-state index contributed by atoms with van der Waals surface area (Å²) in [7, 11) is 0. The highest BCUT2D eigenvalue weighted by Gasteiger charge is 2.32. The summed E-state index contributed by atoms with van der Waals surface area (Å²) in [6, 6.07) is 9.01. The van der Waals surface area contributed by atoms with E-state index in [0.29, 0.717) is 36.8 Å². The van der Waals surface area contributed by atoms with Crippen molar-refractivity contribution >= 4 is 0 Å². The number of hydrogen-bond donors (Lipinski definition) is 1. The van der Waals surface area contributed by atoms with Gasteiger partial charge in [0.05, 0.1) is 24.8 Å². The summed E-state index contributed by atoms with van der Waals surface area (Å²) in [4.78, 5) is 0. The predicted molar refractivity (Wildman–Crippen MR) is 93.8 cm³/mol. The maximum atomic E-state index is 13.1. The monoisotopic (exact) mass is 365 g/mol. The highest BCUT2D eigenvalue weighted by atomic mass is 19.4. The number of alkyl halides is 3. The highest BCUT2D eigenvalue weighted by molar-refractivity contribution is 5.52. The van der Waals surface area contributed by atoms with Crippen LogP contribution in [0.3, 0.4) is 0 Å². The summed E-state index contributed by atoms with van der Waals surface area (Å²) in [6.07, 6.45) is -3.57. The molecule has 26 heavy (non-hydrogen) atoms. The lowest BCUT2D eigenvalue weighted by Crippen LogP contribution is -2.31. The van der Waals surface area contributed by atoms with Crippen LogP contribution in [0.2, 0.25) is 0 Å². The molecule has 0 aromatic heterocycles. The van der Waals surface area contributed by atoms with Crippen molar-refractivity contribution in [2.24, 2.45) is 0 Å². The molecule has 1 aliphatic heterocycles. The minimum absolute atomic E-state index is 0.309. The molecule has 0 spiro atoms. The smallest absolute Gasteiger partial charge is 0.416 e. The van der Waals surface area contributed by atoms with Crippen LogP contribution in [0, 0.1) is 0 Å². The first-order chi connectivity index (χ1) is 12.4. The Morgan fingerprint density at radius 2 is 1.73 bits per heavy atom. The zero-order valence-corrected chi connectivity index (χ0v) is 14.8. The van der Waals surface area contributed by atoms with E-state index in [9.17, 15) is 13.2 Å². The van der Waals surface area contributed by atoms with Gasteiger partial charge in [0.25, 0.3) is 0 Å². The third-order valence-corrected chi connectivity index (χ3v) is 4.41. The van der Waals surface area contributed by atoms with Crippen LogP contribution in [0.4, 0.5) is 13.2 Å². The number of benzene rings is 2. The molecule has 6 heteroatoms. The van der Waals surface area contributed by atoms with Gasteiger partial charge >= 0.3 is 6.18 Å². The molecule has 0 fully saturated rings. The Balaban J connectivity index is 2.04. The molecule has 1 heterocycles. The predicted octanol–water partition coefficient (Wildman–Crippen LogP) is 4.74. The number of hydrogen-bond acceptors (Lipinski definition) is 3. The van der Waals surface area contributed by atoms with E-state index in [1.165, 1.54) is 12.1 Å². The second kappa shape index (κ2) is 7.58. The number of nitrogens with one attached hydrogen (secondary N) is 1. The largest absolute Gasteiger partial charge is 0.490 e. The third kappa shape index (κ3) is 3.80. The fourth-order valence-electron chi connectivity index (χ4n) is 3.29. The Bertz CT molecular complexity index is 774. The number of halogens is 3. The number of fused-ring (bicyclic) bond motifs is 1. The van der Waals surface area contributed by atoms with Crippen molar-refractivity contribution in [3.05, 3.63) is 58.7 Å². The van der Waals surface area contributed by atoms with E-state index in [1.807, 2.05) is 26.0 Å². The SMILES string of the molecule is CCOc1cc2c(cc1OCC)C(c1cccc(C(F)(F)F)c1)NCC2. The normalized spacial score (nSPS) is 16.9. The number of rotatable bonds is 5. The van der Waals surface area contributed by atoms with Gasteiger partial charge in [0, 0.05) is 6.54 Å². The first kappa shape index (κ1) is 18.6. The topological polar surface area (TPSA) is 30.5 Å². The van der Waals surface area contributed by atoms with E-state index in [2.05, 4.69) is 5.32 Å². The van der Waals surface area contributed by atoms with E-state index in [-0.39, 0.29) is 6.04 Å². The van der Waals surface area contributed by atoms with Crippen molar-refractivity contribution in [1.29, 1.82) is 0 Å². The fourth-order valence-corrected chi connectivity index (χ4v) is 3.29. The molecular formula is C20H22F3NO2. The molecule has 0 saturated heterocycles. The van der Waals surface area contributed by atoms with Gasteiger partial charge in [-0.05, 0) is 61.2 Å². The van der Waals surface area contributed by atoms with Gasteiger partial charge in [-0.15, -0.1) is 0 Å². The van der Waals surface area contributed by atoms with Crippen molar-refractivity contribution < 1.29 is 22.6 Å². The van der Waals surface area contributed by atoms with Crippen molar-refractivity contribution in [1.82, 2.24) is 5.32 Å². The molecule has 140 valence electrons. The van der Waals surface area contributed by atoms with Crippen LogP contribution in [-0.2, 0) is 12.6 Å². The van der Waals surface area contributed by atoms with E-state index in [4.69, 9.17) is 9.47 Å². The Morgan fingerprint density at radius 3 is 2.38 bits per heavy atom. The van der Waals surface area contributed by atoms with E-state index < -0.39 is 11.7 Å². The summed E-state index contributed by atoms with van der Waals surface area (Å²) in [5, 5.41) is 3.33.